The van der Waals surface area contributed by atoms with Crippen LogP contribution in [0.4, 0.5) is 0 Å². The summed E-state index contributed by atoms with van der Waals surface area (Å²) in [7, 11) is 0. The third kappa shape index (κ3) is 4.33. The number of unbranched alkanes of at least 4 members (excludes halogenated alkanes) is 6. The van der Waals surface area contributed by atoms with Gasteiger partial charge in [0, 0.05) is 22.7 Å². The van der Waals surface area contributed by atoms with Gasteiger partial charge >= 0.3 is 0 Å². The number of hydrogen-bond donors (Lipinski definition) is 1. The Morgan fingerprint density at radius 2 is 1.82 bits per heavy atom. The van der Waals surface area contributed by atoms with Crippen LogP contribution in [0.5, 0.6) is 0 Å². The summed E-state index contributed by atoms with van der Waals surface area (Å²) < 4.78 is 0. The van der Waals surface area contributed by atoms with Gasteiger partial charge in [-0.2, -0.15) is 0 Å². The SMILES string of the molecule is CCCCCCCCC=C(C)C(=O)c1c[nH]c2ccccc12. The van der Waals surface area contributed by atoms with Crippen LogP contribution in [0.25, 0.3) is 10.9 Å². The van der Waals surface area contributed by atoms with E-state index in [1.807, 2.05) is 37.4 Å². The van der Waals surface area contributed by atoms with E-state index in [-0.39, 0.29) is 5.78 Å². The highest BCUT2D eigenvalue weighted by molar-refractivity contribution is 6.15. The van der Waals surface area contributed by atoms with Crippen LogP contribution in [-0.2, 0) is 0 Å². The molecule has 0 fully saturated rings. The van der Waals surface area contributed by atoms with Gasteiger partial charge in [0.05, 0.1) is 0 Å². The lowest BCUT2D eigenvalue weighted by molar-refractivity contribution is 0.103. The zero-order valence-electron chi connectivity index (χ0n) is 13.8. The van der Waals surface area contributed by atoms with Crippen LogP contribution >= 0.6 is 0 Å². The number of Topliss-reactive ketones (excluding diaryl/α,β-unsaturated/α-hetero) is 1. The Hall–Kier alpha value is -1.83. The Bertz CT molecular complexity index is 636. The fourth-order valence-electron chi connectivity index (χ4n) is 2.81. The second-order valence-corrected chi connectivity index (χ2v) is 6.02. The number of ketones is 1. The highest BCUT2D eigenvalue weighted by Crippen LogP contribution is 2.21. The Morgan fingerprint density at radius 1 is 1.09 bits per heavy atom. The molecule has 0 bridgehead atoms. The molecule has 1 aromatic heterocycles. The van der Waals surface area contributed by atoms with E-state index >= 15 is 0 Å². The fourth-order valence-corrected chi connectivity index (χ4v) is 2.81. The van der Waals surface area contributed by atoms with E-state index in [1.165, 1.54) is 38.5 Å². The number of H-pyrrole nitrogens is 1. The number of hydrogen-bond acceptors (Lipinski definition) is 1. The number of para-hydroxylation sites is 1. The summed E-state index contributed by atoms with van der Waals surface area (Å²) in [5.41, 5.74) is 2.67. The lowest BCUT2D eigenvalue weighted by Gasteiger charge is -2.01. The van der Waals surface area contributed by atoms with Crippen molar-refractivity contribution in [3.63, 3.8) is 0 Å². The molecule has 22 heavy (non-hydrogen) atoms. The lowest BCUT2D eigenvalue weighted by atomic mass is 10.0. The first kappa shape index (κ1) is 16.5. The third-order valence-corrected chi connectivity index (χ3v) is 4.20. The van der Waals surface area contributed by atoms with Gasteiger partial charge < -0.3 is 4.98 Å². The summed E-state index contributed by atoms with van der Waals surface area (Å²) in [6.45, 7) is 4.17. The van der Waals surface area contributed by atoms with Gasteiger partial charge in [-0.15, -0.1) is 0 Å². The number of benzene rings is 1. The first-order valence-electron chi connectivity index (χ1n) is 8.51. The standard InChI is InChI=1S/C20H27NO/c1-3-4-5-6-7-8-9-12-16(2)20(22)18-15-21-19-14-11-10-13-17(18)19/h10-15,21H,3-9H2,1-2H3. The predicted molar refractivity (Wildman–Crippen MR) is 94.4 cm³/mol. The molecule has 0 aliphatic heterocycles. The smallest absolute Gasteiger partial charge is 0.190 e. The minimum Gasteiger partial charge on any atom is -0.360 e. The molecule has 0 radical (unpaired) electrons. The zero-order chi connectivity index (χ0) is 15.8. The monoisotopic (exact) mass is 297 g/mol. The summed E-state index contributed by atoms with van der Waals surface area (Å²) >= 11 is 0. The van der Waals surface area contributed by atoms with E-state index < -0.39 is 0 Å². The maximum Gasteiger partial charge on any atom is 0.190 e. The molecular formula is C20H27NO. The largest absolute Gasteiger partial charge is 0.360 e. The van der Waals surface area contributed by atoms with Crippen molar-refractivity contribution >= 4 is 16.7 Å². The molecule has 0 aliphatic rings. The average molecular weight is 297 g/mol. The van der Waals surface area contributed by atoms with Crippen molar-refractivity contribution in [2.45, 2.75) is 58.8 Å². The number of carbonyl (C=O) groups is 1. The van der Waals surface area contributed by atoms with Crippen molar-refractivity contribution in [3.8, 4) is 0 Å². The van der Waals surface area contributed by atoms with Gasteiger partial charge in [0.1, 0.15) is 0 Å². The molecule has 0 amide bonds. The van der Waals surface area contributed by atoms with Crippen molar-refractivity contribution < 1.29 is 4.79 Å². The van der Waals surface area contributed by atoms with Gasteiger partial charge in [0.25, 0.3) is 0 Å². The first-order valence-corrected chi connectivity index (χ1v) is 8.51. The maximum absolute atomic E-state index is 12.5. The van der Waals surface area contributed by atoms with Crippen LogP contribution < -0.4 is 0 Å². The topological polar surface area (TPSA) is 32.9 Å². The molecule has 2 aromatic rings. The predicted octanol–water partition coefficient (Wildman–Crippen LogP) is 6.05. The summed E-state index contributed by atoms with van der Waals surface area (Å²) in [5, 5.41) is 1.01. The Labute approximate surface area is 133 Å². The van der Waals surface area contributed by atoms with E-state index in [1.54, 1.807) is 0 Å². The fraction of sp³-hybridized carbons (Fsp3) is 0.450. The second-order valence-electron chi connectivity index (χ2n) is 6.02. The molecule has 0 saturated heterocycles. The van der Waals surface area contributed by atoms with Gasteiger partial charge in [-0.05, 0) is 31.4 Å². The number of nitrogens with one attached hydrogen (secondary N) is 1. The van der Waals surface area contributed by atoms with Crippen LogP contribution in [0.1, 0.15) is 69.2 Å². The van der Waals surface area contributed by atoms with E-state index in [9.17, 15) is 4.79 Å². The molecule has 2 heteroatoms. The Balaban J connectivity index is 1.87. The summed E-state index contributed by atoms with van der Waals surface area (Å²) in [6, 6.07) is 7.96. The van der Waals surface area contributed by atoms with Crippen molar-refractivity contribution in [2.24, 2.45) is 0 Å². The maximum atomic E-state index is 12.5. The van der Waals surface area contributed by atoms with Crippen molar-refractivity contribution in [2.75, 3.05) is 0 Å². The minimum atomic E-state index is 0.142. The van der Waals surface area contributed by atoms with Crippen LogP contribution in [-0.4, -0.2) is 10.8 Å². The first-order chi connectivity index (χ1) is 10.7. The molecular weight excluding hydrogens is 270 g/mol. The van der Waals surface area contributed by atoms with Gasteiger partial charge in [0.2, 0.25) is 0 Å². The number of allylic oxidation sites excluding steroid dienone is 2. The normalized spacial score (nSPS) is 12.0. The van der Waals surface area contributed by atoms with E-state index in [0.29, 0.717) is 0 Å². The van der Waals surface area contributed by atoms with Crippen molar-refractivity contribution in [3.05, 3.63) is 47.7 Å². The number of carbonyl (C=O) groups excluding carboxylic acids is 1. The van der Waals surface area contributed by atoms with Crippen LogP contribution in [0.2, 0.25) is 0 Å². The molecule has 0 saturated carbocycles. The summed E-state index contributed by atoms with van der Waals surface area (Å²) in [5.74, 6) is 0.142. The highest BCUT2D eigenvalue weighted by Gasteiger charge is 2.12. The third-order valence-electron chi connectivity index (χ3n) is 4.20. The molecule has 0 atom stereocenters. The Kier molecular flexibility index (Phi) is 6.45. The van der Waals surface area contributed by atoms with Gasteiger partial charge in [-0.1, -0.05) is 63.3 Å². The van der Waals surface area contributed by atoms with Crippen molar-refractivity contribution in [1.82, 2.24) is 4.98 Å². The highest BCUT2D eigenvalue weighted by atomic mass is 16.1. The molecule has 2 nitrogen and oxygen atoms in total. The van der Waals surface area contributed by atoms with Gasteiger partial charge in [-0.25, -0.2) is 0 Å². The molecule has 118 valence electrons. The molecule has 1 N–H and O–H groups in total. The zero-order valence-corrected chi connectivity index (χ0v) is 13.8. The number of aromatic amines is 1. The van der Waals surface area contributed by atoms with Crippen LogP contribution in [0, 0.1) is 0 Å². The molecule has 0 unspecified atom stereocenters. The lowest BCUT2D eigenvalue weighted by Crippen LogP contribution is -1.99. The minimum absolute atomic E-state index is 0.142. The second kappa shape index (κ2) is 8.57. The molecule has 0 spiro atoms. The number of fused-ring (bicyclic) bond motifs is 1. The number of aromatic nitrogens is 1. The quantitative estimate of drug-likeness (QED) is 0.341. The Morgan fingerprint density at radius 3 is 2.64 bits per heavy atom. The van der Waals surface area contributed by atoms with Gasteiger partial charge in [-0.3, -0.25) is 4.79 Å². The summed E-state index contributed by atoms with van der Waals surface area (Å²) in [6.07, 6.45) is 12.7. The molecule has 2 rings (SSSR count). The van der Waals surface area contributed by atoms with E-state index in [0.717, 1.165) is 28.5 Å². The number of rotatable bonds is 9. The molecule has 0 aliphatic carbocycles. The van der Waals surface area contributed by atoms with Gasteiger partial charge in [0.15, 0.2) is 5.78 Å². The average Bonchev–Trinajstić information content (AvgIpc) is 2.97. The van der Waals surface area contributed by atoms with Crippen LogP contribution in [0.3, 0.4) is 0 Å². The van der Waals surface area contributed by atoms with Crippen molar-refractivity contribution in [1.29, 1.82) is 0 Å². The van der Waals surface area contributed by atoms with E-state index in [4.69, 9.17) is 0 Å². The summed E-state index contributed by atoms with van der Waals surface area (Å²) in [4.78, 5) is 15.7. The molecule has 1 heterocycles. The van der Waals surface area contributed by atoms with E-state index in [2.05, 4.69) is 18.0 Å². The molecule has 1 aromatic carbocycles. The van der Waals surface area contributed by atoms with Crippen LogP contribution in [0.15, 0.2) is 42.1 Å².